The predicted molar refractivity (Wildman–Crippen MR) is 34.2 cm³/mol. The van der Waals surface area contributed by atoms with Crippen molar-refractivity contribution in [3.63, 3.8) is 0 Å². The Morgan fingerprint density at radius 2 is 2.44 bits per heavy atom. The van der Waals surface area contributed by atoms with Crippen molar-refractivity contribution >= 4 is 0 Å². The van der Waals surface area contributed by atoms with Crippen LogP contribution in [0.3, 0.4) is 0 Å². The fourth-order valence-corrected chi connectivity index (χ4v) is 1.03. The van der Waals surface area contributed by atoms with Crippen molar-refractivity contribution in [2.75, 3.05) is 20.3 Å². The highest BCUT2D eigenvalue weighted by atomic mass is 16.5. The first-order valence-electron chi connectivity index (χ1n) is 3.20. The zero-order chi connectivity index (χ0) is 6.69. The quantitative estimate of drug-likeness (QED) is 0.533. The molecule has 0 aromatic carbocycles. The monoisotopic (exact) mass is 131 g/mol. The minimum Gasteiger partial charge on any atom is -0.380 e. The third-order valence-corrected chi connectivity index (χ3v) is 1.64. The highest BCUT2D eigenvalue weighted by Crippen LogP contribution is 2.07. The van der Waals surface area contributed by atoms with Crippen LogP contribution < -0.4 is 5.73 Å². The summed E-state index contributed by atoms with van der Waals surface area (Å²) in [5.74, 6) is 0. The lowest BCUT2D eigenvalue weighted by atomic mass is 10.1. The molecule has 2 atom stereocenters. The second kappa shape index (κ2) is 3.15. The molecule has 0 amide bonds. The molecule has 9 heavy (non-hydrogen) atoms. The van der Waals surface area contributed by atoms with E-state index in [1.54, 1.807) is 7.11 Å². The van der Waals surface area contributed by atoms with Crippen LogP contribution in [0.15, 0.2) is 0 Å². The van der Waals surface area contributed by atoms with Crippen LogP contribution in [0.1, 0.15) is 6.42 Å². The molecule has 0 aromatic heterocycles. The van der Waals surface area contributed by atoms with Crippen LogP contribution >= 0.6 is 0 Å². The molecule has 3 heteroatoms. The Morgan fingerprint density at radius 3 is 2.89 bits per heavy atom. The first-order valence-corrected chi connectivity index (χ1v) is 3.20. The number of ether oxygens (including phenoxy) is 2. The molecule has 1 aliphatic rings. The van der Waals surface area contributed by atoms with Gasteiger partial charge in [-0.15, -0.1) is 0 Å². The van der Waals surface area contributed by atoms with Crippen molar-refractivity contribution < 1.29 is 9.47 Å². The van der Waals surface area contributed by atoms with Gasteiger partial charge in [-0.2, -0.15) is 0 Å². The molecule has 3 nitrogen and oxygen atoms in total. The van der Waals surface area contributed by atoms with E-state index in [-0.39, 0.29) is 12.1 Å². The van der Waals surface area contributed by atoms with E-state index in [0.717, 1.165) is 13.0 Å². The minimum absolute atomic E-state index is 0.0729. The molecule has 0 bridgehead atoms. The van der Waals surface area contributed by atoms with E-state index in [1.807, 2.05) is 0 Å². The molecule has 0 saturated carbocycles. The Balaban J connectivity index is 2.30. The van der Waals surface area contributed by atoms with E-state index in [2.05, 4.69) is 0 Å². The fraction of sp³-hybridized carbons (Fsp3) is 1.00. The van der Waals surface area contributed by atoms with Gasteiger partial charge in [0.05, 0.1) is 18.8 Å². The van der Waals surface area contributed by atoms with E-state index in [9.17, 15) is 0 Å². The van der Waals surface area contributed by atoms with Crippen molar-refractivity contribution in [1.82, 2.24) is 0 Å². The van der Waals surface area contributed by atoms with Crippen LogP contribution in [0.5, 0.6) is 0 Å². The largest absolute Gasteiger partial charge is 0.380 e. The van der Waals surface area contributed by atoms with Gasteiger partial charge in [0.1, 0.15) is 0 Å². The van der Waals surface area contributed by atoms with E-state index >= 15 is 0 Å². The Bertz CT molecular complexity index is 87.1. The summed E-state index contributed by atoms with van der Waals surface area (Å²) in [4.78, 5) is 0. The molecule has 0 radical (unpaired) electrons. The number of nitrogens with two attached hydrogens (primary N) is 1. The maximum Gasteiger partial charge on any atom is 0.0766 e. The summed E-state index contributed by atoms with van der Waals surface area (Å²) < 4.78 is 10.2. The minimum atomic E-state index is 0.0729. The molecule has 1 saturated heterocycles. The maximum atomic E-state index is 5.64. The molecule has 2 N–H and O–H groups in total. The summed E-state index contributed by atoms with van der Waals surface area (Å²) in [6.07, 6.45) is 1.14. The molecule has 0 spiro atoms. The first-order chi connectivity index (χ1) is 4.34. The molecule has 0 aliphatic carbocycles. The number of rotatable bonds is 1. The summed E-state index contributed by atoms with van der Waals surface area (Å²) in [7, 11) is 1.69. The molecular formula is C6H13NO2. The molecule has 1 aliphatic heterocycles. The van der Waals surface area contributed by atoms with Gasteiger partial charge in [0.25, 0.3) is 0 Å². The van der Waals surface area contributed by atoms with Crippen LogP contribution in [0, 0.1) is 0 Å². The van der Waals surface area contributed by atoms with E-state index < -0.39 is 0 Å². The van der Waals surface area contributed by atoms with Gasteiger partial charge in [-0.25, -0.2) is 0 Å². The Morgan fingerprint density at radius 1 is 1.67 bits per heavy atom. The van der Waals surface area contributed by atoms with Crippen molar-refractivity contribution in [1.29, 1.82) is 0 Å². The molecule has 1 heterocycles. The number of methoxy groups -OCH3 is 1. The van der Waals surface area contributed by atoms with E-state index in [4.69, 9.17) is 15.2 Å². The average molecular weight is 131 g/mol. The highest BCUT2D eigenvalue weighted by Gasteiger charge is 2.21. The van der Waals surface area contributed by atoms with Gasteiger partial charge >= 0.3 is 0 Å². The third kappa shape index (κ3) is 1.64. The summed E-state index contributed by atoms with van der Waals surface area (Å²) >= 11 is 0. The van der Waals surface area contributed by atoms with E-state index in [1.165, 1.54) is 0 Å². The first kappa shape index (κ1) is 6.99. The van der Waals surface area contributed by atoms with Gasteiger partial charge in [0.2, 0.25) is 0 Å². The van der Waals surface area contributed by atoms with Gasteiger partial charge in [0, 0.05) is 13.7 Å². The normalized spacial score (nSPS) is 36.7. The lowest BCUT2D eigenvalue weighted by Gasteiger charge is -2.26. The van der Waals surface area contributed by atoms with Crippen molar-refractivity contribution in [2.24, 2.45) is 5.73 Å². The van der Waals surface area contributed by atoms with E-state index in [0.29, 0.717) is 6.61 Å². The molecule has 0 aromatic rings. The van der Waals surface area contributed by atoms with Crippen LogP contribution in [0.4, 0.5) is 0 Å². The number of hydrogen-bond donors (Lipinski definition) is 1. The fourth-order valence-electron chi connectivity index (χ4n) is 1.03. The molecule has 0 unspecified atom stereocenters. The zero-order valence-corrected chi connectivity index (χ0v) is 5.67. The van der Waals surface area contributed by atoms with Crippen molar-refractivity contribution in [3.8, 4) is 0 Å². The summed E-state index contributed by atoms with van der Waals surface area (Å²) in [5, 5.41) is 0. The second-order valence-electron chi connectivity index (χ2n) is 2.30. The van der Waals surface area contributed by atoms with Gasteiger partial charge < -0.3 is 15.2 Å². The maximum absolute atomic E-state index is 5.64. The zero-order valence-electron chi connectivity index (χ0n) is 5.67. The summed E-state index contributed by atoms with van der Waals surface area (Å²) in [5.41, 5.74) is 5.64. The smallest absolute Gasteiger partial charge is 0.0766 e. The van der Waals surface area contributed by atoms with Crippen LogP contribution in [0.25, 0.3) is 0 Å². The lowest BCUT2D eigenvalue weighted by Crippen LogP contribution is -2.44. The third-order valence-electron chi connectivity index (χ3n) is 1.64. The van der Waals surface area contributed by atoms with Gasteiger partial charge in [-0.1, -0.05) is 0 Å². The van der Waals surface area contributed by atoms with Crippen molar-refractivity contribution in [3.05, 3.63) is 0 Å². The lowest BCUT2D eigenvalue weighted by molar-refractivity contribution is -0.0258. The second-order valence-corrected chi connectivity index (χ2v) is 2.30. The average Bonchev–Trinajstić information content (AvgIpc) is 1.89. The SMILES string of the molecule is CO[C@@H]1CCOC[C@@H]1N. The van der Waals surface area contributed by atoms with Crippen LogP contribution in [-0.4, -0.2) is 32.5 Å². The molecule has 1 rings (SSSR count). The summed E-state index contributed by atoms with van der Waals surface area (Å²) in [6.45, 7) is 1.42. The summed E-state index contributed by atoms with van der Waals surface area (Å²) in [6, 6.07) is 0.0729. The topological polar surface area (TPSA) is 44.5 Å². The molecular weight excluding hydrogens is 118 g/mol. The Kier molecular flexibility index (Phi) is 2.45. The van der Waals surface area contributed by atoms with Crippen LogP contribution in [-0.2, 0) is 9.47 Å². The molecule has 54 valence electrons. The van der Waals surface area contributed by atoms with Gasteiger partial charge in [-0.3, -0.25) is 0 Å². The Hall–Kier alpha value is -0.120. The molecule has 1 fully saturated rings. The predicted octanol–water partition coefficient (Wildman–Crippen LogP) is -0.251. The highest BCUT2D eigenvalue weighted by molar-refractivity contribution is 4.75. The Labute approximate surface area is 55.1 Å². The van der Waals surface area contributed by atoms with Gasteiger partial charge in [-0.05, 0) is 6.42 Å². The standard InChI is InChI=1S/C6H13NO2/c1-8-6-2-3-9-4-5(6)7/h5-6H,2-4,7H2,1H3/t5-,6+/m0/s1. The van der Waals surface area contributed by atoms with Crippen molar-refractivity contribution in [2.45, 2.75) is 18.6 Å². The van der Waals surface area contributed by atoms with Gasteiger partial charge in [0.15, 0.2) is 0 Å². The van der Waals surface area contributed by atoms with Crippen LogP contribution in [0.2, 0.25) is 0 Å². The number of hydrogen-bond acceptors (Lipinski definition) is 3.